The number of hydrogen-bond acceptors (Lipinski definition) is 0. The van der Waals surface area contributed by atoms with Crippen molar-refractivity contribution < 1.29 is 15.1 Å². The van der Waals surface area contributed by atoms with Crippen LogP contribution < -0.4 is 0 Å². The van der Waals surface area contributed by atoms with Crippen molar-refractivity contribution in [1.82, 2.24) is 0 Å². The number of halogens is 2. The van der Waals surface area contributed by atoms with Crippen LogP contribution >= 0.6 is 35.2 Å². The molecule has 6 saturated carbocycles. The van der Waals surface area contributed by atoms with E-state index in [1.807, 2.05) is 13.8 Å². The van der Waals surface area contributed by atoms with Gasteiger partial charge in [0, 0.05) is 0 Å². The van der Waals surface area contributed by atoms with Crippen LogP contribution in [0, 0.1) is 19.3 Å². The molecule has 0 unspecified atom stereocenters. The topological polar surface area (TPSA) is 0 Å². The normalized spacial score (nSPS) is 25.6. The van der Waals surface area contributed by atoms with Gasteiger partial charge < -0.3 is 0 Å². The third kappa shape index (κ3) is 12.5. The van der Waals surface area contributed by atoms with Crippen LogP contribution in [0.1, 0.15) is 168 Å². The Morgan fingerprint density at radius 2 is 0.600 bits per heavy atom. The fourth-order valence-electron chi connectivity index (χ4n) is 9.00. The monoisotopic (exact) mass is 716 g/mol. The van der Waals surface area contributed by atoms with Gasteiger partial charge in [-0.3, -0.25) is 0 Å². The van der Waals surface area contributed by atoms with Gasteiger partial charge in [0.15, 0.2) is 0 Å². The van der Waals surface area contributed by atoms with Gasteiger partial charge in [0.1, 0.15) is 0 Å². The molecule has 234 valence electrons. The Morgan fingerprint density at radius 3 is 0.700 bits per heavy atom. The first-order valence-electron chi connectivity index (χ1n) is 17.3. The van der Waals surface area contributed by atoms with E-state index in [1.54, 1.807) is 161 Å². The summed E-state index contributed by atoms with van der Waals surface area (Å²) in [6.07, 6.45) is 39.6. The molecule has 40 heavy (non-hydrogen) atoms. The zero-order chi connectivity index (χ0) is 28.6. The van der Waals surface area contributed by atoms with Crippen molar-refractivity contribution in [2.45, 2.75) is 202 Å². The summed E-state index contributed by atoms with van der Waals surface area (Å²) in [7, 11) is 10.6. The molecule has 5 heteroatoms. The third-order valence-corrected chi connectivity index (χ3v) is 19.0. The molecule has 0 atom stereocenters. The Labute approximate surface area is 270 Å². The minimum atomic E-state index is -0.346. The van der Waals surface area contributed by atoms with Crippen LogP contribution in [0.15, 0.2) is 0 Å². The zero-order valence-electron chi connectivity index (χ0n) is 26.1. The third-order valence-electron chi connectivity index (χ3n) is 10.8. The van der Waals surface area contributed by atoms with Gasteiger partial charge in [-0.2, -0.15) is 0 Å². The Morgan fingerprint density at radius 1 is 0.475 bits per heavy atom. The summed E-state index contributed by atoms with van der Waals surface area (Å²) in [6, 6.07) is 0. The van der Waals surface area contributed by atoms with Crippen molar-refractivity contribution in [3.63, 3.8) is 0 Å². The van der Waals surface area contributed by atoms with Crippen molar-refractivity contribution in [2.24, 2.45) is 0 Å². The maximum atomic E-state index is 5.01. The van der Waals surface area contributed by atoms with E-state index in [2.05, 4.69) is 0 Å². The van der Waals surface area contributed by atoms with Gasteiger partial charge >= 0.3 is 34.5 Å². The average molecular weight is 717 g/mol. The molecule has 0 aromatic carbocycles. The molecule has 4 radical (unpaired) electrons. The van der Waals surface area contributed by atoms with E-state index in [4.69, 9.17) is 26.3 Å². The molecule has 0 heterocycles. The molecule has 0 aliphatic heterocycles. The van der Waals surface area contributed by atoms with E-state index in [0.29, 0.717) is 15.8 Å². The van der Waals surface area contributed by atoms with Gasteiger partial charge in [-0.25, -0.2) is 0 Å². The first-order chi connectivity index (χ1) is 19.6. The van der Waals surface area contributed by atoms with E-state index in [9.17, 15) is 0 Å². The molecular weight excluding hydrogens is 654 g/mol. The molecule has 0 spiro atoms. The summed E-state index contributed by atoms with van der Waals surface area (Å²) in [5.74, 6) is 1.16. The van der Waals surface area contributed by atoms with Gasteiger partial charge in [-0.1, -0.05) is 107 Å². The van der Waals surface area contributed by atoms with Crippen LogP contribution in [0.4, 0.5) is 0 Å². The molecule has 0 nitrogen and oxygen atoms in total. The molecule has 6 rings (SSSR count). The fraction of sp³-hybridized carbons (Fsp3) is 0.914. The Balaban J connectivity index is 0.000000175. The van der Waals surface area contributed by atoms with Gasteiger partial charge in [0.25, 0.3) is 0 Å². The molecule has 0 N–H and O–H groups in total. The first kappa shape index (κ1) is 36.5. The summed E-state index contributed by atoms with van der Waals surface area (Å²) in [4.78, 5) is 0. The van der Waals surface area contributed by atoms with E-state index < -0.39 is 0 Å². The predicted molar refractivity (Wildman–Crippen MR) is 182 cm³/mol. The molecule has 6 fully saturated rings. The average Bonchev–Trinajstić information content (AvgIpc) is 3.82. The second-order valence-electron chi connectivity index (χ2n) is 13.8. The van der Waals surface area contributed by atoms with Crippen LogP contribution in [-0.4, -0.2) is 34.0 Å². The van der Waals surface area contributed by atoms with Crippen LogP contribution in [0.2, 0.25) is 0 Å². The molecule has 0 saturated heterocycles. The van der Waals surface area contributed by atoms with Crippen molar-refractivity contribution in [3.05, 3.63) is 19.3 Å². The van der Waals surface area contributed by atoms with Gasteiger partial charge in [-0.15, -0.1) is 0 Å². The SMILES string of the molecule is C1CCC(P(C2CCCC2)C2CCCC2)C1.C1CCC(P(C2CCCC2)C2CCCC2)C1.[CH][CH][C](C)C.[Cl][Ru][Cl]. The van der Waals surface area contributed by atoms with Crippen molar-refractivity contribution >= 4 is 35.2 Å². The zero-order valence-corrected chi connectivity index (χ0v) is 31.1. The van der Waals surface area contributed by atoms with E-state index in [-0.39, 0.29) is 15.1 Å². The minimum absolute atomic E-state index is 0.346. The summed E-state index contributed by atoms with van der Waals surface area (Å²) in [6.45, 7) is 8.93. The molecule has 6 aliphatic carbocycles. The molecule has 0 amide bonds. The molecule has 6 aliphatic rings. The van der Waals surface area contributed by atoms with Gasteiger partial charge in [0.2, 0.25) is 0 Å². The quantitative estimate of drug-likeness (QED) is 0.182. The van der Waals surface area contributed by atoms with Gasteiger partial charge in [0.05, 0.1) is 0 Å². The van der Waals surface area contributed by atoms with Crippen LogP contribution in [0.3, 0.4) is 0 Å². The van der Waals surface area contributed by atoms with Crippen molar-refractivity contribution in [2.75, 3.05) is 0 Å². The molecule has 0 aromatic rings. The summed E-state index contributed by atoms with van der Waals surface area (Å²) in [5, 5.41) is 0. The second kappa shape index (κ2) is 21.7. The van der Waals surface area contributed by atoms with Crippen LogP contribution in [0.5, 0.6) is 0 Å². The molecule has 0 aromatic heterocycles. The summed E-state index contributed by atoms with van der Waals surface area (Å²) in [5.41, 5.74) is 7.26. The Hall–Kier alpha value is 2.06. The number of hydrogen-bond donors (Lipinski definition) is 0. The van der Waals surface area contributed by atoms with E-state index in [1.165, 1.54) is 34.0 Å². The molecular formula is C35H62Cl2P2Ru. The predicted octanol–water partition coefficient (Wildman–Crippen LogP) is 13.5. The number of rotatable bonds is 7. The van der Waals surface area contributed by atoms with Crippen molar-refractivity contribution in [1.29, 1.82) is 0 Å². The second-order valence-corrected chi connectivity index (χ2v) is 22.6. The van der Waals surface area contributed by atoms with Crippen LogP contribution in [0.25, 0.3) is 0 Å². The Bertz CT molecular complexity index is 474. The van der Waals surface area contributed by atoms with E-state index in [0.717, 1.165) is 5.92 Å². The van der Waals surface area contributed by atoms with Gasteiger partial charge in [-0.05, 0) is 130 Å². The summed E-state index contributed by atoms with van der Waals surface area (Å²) < 4.78 is 0. The summed E-state index contributed by atoms with van der Waals surface area (Å²) >= 11 is -0.346. The van der Waals surface area contributed by atoms with Crippen molar-refractivity contribution in [3.8, 4) is 0 Å². The van der Waals surface area contributed by atoms with Crippen LogP contribution in [-0.2, 0) is 15.1 Å². The van der Waals surface area contributed by atoms with E-state index >= 15 is 0 Å². The maximum absolute atomic E-state index is 5.01. The standard InChI is InChI=1S/2C15H27P.C5H8.2ClH.Ru/c2*1-2-8-13(7-1)16(14-9-3-4-10-14)15-11-5-6-12-15;1-4-5(2)3;;;/h2*13-15H,1-12H2;1,4H,2-3H3;2*1H;/q;;;;;+2/p-2. The molecule has 0 bridgehead atoms. The fourth-order valence-corrected chi connectivity index (χ4v) is 18.3. The Kier molecular flexibility index (Phi) is 19.9. The first-order valence-corrected chi connectivity index (χ1v) is 24.9.